The number of thiophene rings is 1. The average Bonchev–Trinajstić information content (AvgIpc) is 3.36. The molecule has 0 aliphatic rings. The summed E-state index contributed by atoms with van der Waals surface area (Å²) in [7, 11) is 0. The summed E-state index contributed by atoms with van der Waals surface area (Å²) in [5.74, 6) is 0.467. The van der Waals surface area contributed by atoms with E-state index in [1.807, 2.05) is 23.8 Å². The highest BCUT2D eigenvalue weighted by Gasteiger charge is 2.13. The molecule has 146 valence electrons. The Kier molecular flexibility index (Phi) is 6.78. The van der Waals surface area contributed by atoms with Crippen LogP contribution < -0.4 is 10.6 Å². The molecule has 28 heavy (non-hydrogen) atoms. The lowest BCUT2D eigenvalue weighted by Crippen LogP contribution is -2.24. The Morgan fingerprint density at radius 3 is 2.86 bits per heavy atom. The van der Waals surface area contributed by atoms with Gasteiger partial charge >= 0.3 is 0 Å². The number of amides is 2. The van der Waals surface area contributed by atoms with Crippen LogP contribution in [0.15, 0.2) is 39.5 Å². The largest absolute Gasteiger partial charge is 0.352 e. The predicted octanol–water partition coefficient (Wildman–Crippen LogP) is 4.16. The molecular formula is C19H19ClN4O3S. The summed E-state index contributed by atoms with van der Waals surface area (Å²) in [6.45, 7) is 2.55. The molecular weight excluding hydrogens is 400 g/mol. The van der Waals surface area contributed by atoms with Crippen molar-refractivity contribution in [2.45, 2.75) is 26.2 Å². The van der Waals surface area contributed by atoms with Gasteiger partial charge < -0.3 is 15.2 Å². The van der Waals surface area contributed by atoms with Crippen LogP contribution in [-0.4, -0.2) is 28.5 Å². The molecule has 2 amide bonds. The Labute approximate surface area is 171 Å². The van der Waals surface area contributed by atoms with Crippen molar-refractivity contribution >= 4 is 40.4 Å². The zero-order valence-corrected chi connectivity index (χ0v) is 16.8. The minimum absolute atomic E-state index is 0.182. The lowest BCUT2D eigenvalue weighted by atomic mass is 10.2. The van der Waals surface area contributed by atoms with E-state index in [4.69, 9.17) is 16.1 Å². The third-order valence-electron chi connectivity index (χ3n) is 3.85. The van der Waals surface area contributed by atoms with E-state index in [-0.39, 0.29) is 23.3 Å². The van der Waals surface area contributed by atoms with E-state index in [0.717, 1.165) is 12.0 Å². The zero-order valence-electron chi connectivity index (χ0n) is 15.2. The first-order chi connectivity index (χ1) is 13.6. The van der Waals surface area contributed by atoms with E-state index in [1.165, 1.54) is 0 Å². The van der Waals surface area contributed by atoms with Crippen molar-refractivity contribution in [2.24, 2.45) is 0 Å². The second-order valence-corrected chi connectivity index (χ2v) is 7.21. The van der Waals surface area contributed by atoms with Gasteiger partial charge in [-0.05, 0) is 36.1 Å². The standard InChI is InChI=1S/C19H19ClN4O3S/c1-2-8-21-19(26)14-4-3-13(10-15(14)20)22-16(25)5-6-17-23-18(24-27-17)12-7-9-28-11-12/h3-4,7,9-11H,2,5-6,8H2,1H3,(H,21,26)(H,22,25). The van der Waals surface area contributed by atoms with E-state index < -0.39 is 0 Å². The monoisotopic (exact) mass is 418 g/mol. The van der Waals surface area contributed by atoms with E-state index in [2.05, 4.69) is 20.8 Å². The Morgan fingerprint density at radius 2 is 2.14 bits per heavy atom. The molecule has 0 aliphatic heterocycles. The molecule has 0 saturated carbocycles. The van der Waals surface area contributed by atoms with Gasteiger partial charge in [0.2, 0.25) is 17.6 Å². The number of benzene rings is 1. The fraction of sp³-hybridized carbons (Fsp3) is 0.263. The van der Waals surface area contributed by atoms with Crippen LogP contribution in [0.5, 0.6) is 0 Å². The lowest BCUT2D eigenvalue weighted by Gasteiger charge is -2.09. The van der Waals surface area contributed by atoms with E-state index in [9.17, 15) is 9.59 Å². The number of rotatable bonds is 8. The van der Waals surface area contributed by atoms with Crippen LogP contribution in [0.25, 0.3) is 11.4 Å². The molecule has 0 atom stereocenters. The second-order valence-electron chi connectivity index (χ2n) is 6.02. The van der Waals surface area contributed by atoms with Crippen LogP contribution in [-0.2, 0) is 11.2 Å². The number of carbonyl (C=O) groups excluding carboxylic acids is 2. The van der Waals surface area contributed by atoms with Gasteiger partial charge in [0.25, 0.3) is 5.91 Å². The lowest BCUT2D eigenvalue weighted by molar-refractivity contribution is -0.116. The highest BCUT2D eigenvalue weighted by atomic mass is 35.5. The SMILES string of the molecule is CCCNC(=O)c1ccc(NC(=O)CCc2nc(-c3ccsc3)no2)cc1Cl. The van der Waals surface area contributed by atoms with Crippen molar-refractivity contribution in [3.8, 4) is 11.4 Å². The topological polar surface area (TPSA) is 97.1 Å². The highest BCUT2D eigenvalue weighted by molar-refractivity contribution is 7.08. The Morgan fingerprint density at radius 1 is 1.29 bits per heavy atom. The molecule has 0 aliphatic carbocycles. The molecule has 3 aromatic rings. The summed E-state index contributed by atoms with van der Waals surface area (Å²) in [5, 5.41) is 13.6. The maximum atomic E-state index is 12.2. The average molecular weight is 419 g/mol. The maximum Gasteiger partial charge on any atom is 0.252 e. The first-order valence-corrected chi connectivity index (χ1v) is 10.1. The molecule has 2 aromatic heterocycles. The minimum atomic E-state index is -0.234. The minimum Gasteiger partial charge on any atom is -0.352 e. The molecule has 2 N–H and O–H groups in total. The van der Waals surface area contributed by atoms with Crippen molar-refractivity contribution in [3.05, 3.63) is 51.5 Å². The fourth-order valence-corrected chi connectivity index (χ4v) is 3.32. The molecule has 2 heterocycles. The number of halogens is 1. The normalized spacial score (nSPS) is 10.6. The zero-order chi connectivity index (χ0) is 19.9. The molecule has 7 nitrogen and oxygen atoms in total. The Hall–Kier alpha value is -2.71. The third kappa shape index (κ3) is 5.17. The van der Waals surface area contributed by atoms with Crippen molar-refractivity contribution < 1.29 is 14.1 Å². The van der Waals surface area contributed by atoms with E-state index in [0.29, 0.717) is 35.9 Å². The molecule has 0 saturated heterocycles. The van der Waals surface area contributed by atoms with Gasteiger partial charge in [0, 0.05) is 36.0 Å². The Bertz CT molecular complexity index is 956. The third-order valence-corrected chi connectivity index (χ3v) is 4.84. The van der Waals surface area contributed by atoms with Crippen molar-refractivity contribution in [1.82, 2.24) is 15.5 Å². The van der Waals surface area contributed by atoms with Crippen LogP contribution >= 0.6 is 22.9 Å². The quantitative estimate of drug-likeness (QED) is 0.572. The van der Waals surface area contributed by atoms with Crippen LogP contribution in [0.2, 0.25) is 5.02 Å². The number of hydrogen-bond acceptors (Lipinski definition) is 6. The van der Waals surface area contributed by atoms with Gasteiger partial charge in [-0.1, -0.05) is 23.7 Å². The first-order valence-electron chi connectivity index (χ1n) is 8.79. The van der Waals surface area contributed by atoms with Crippen molar-refractivity contribution in [1.29, 1.82) is 0 Å². The first kappa shape index (κ1) is 20.0. The summed E-state index contributed by atoms with van der Waals surface area (Å²) in [5.41, 5.74) is 1.79. The summed E-state index contributed by atoms with van der Waals surface area (Å²) >= 11 is 7.72. The van der Waals surface area contributed by atoms with Gasteiger partial charge in [-0.3, -0.25) is 9.59 Å². The highest BCUT2D eigenvalue weighted by Crippen LogP contribution is 2.22. The molecule has 0 unspecified atom stereocenters. The van der Waals surface area contributed by atoms with Crippen LogP contribution in [0.3, 0.4) is 0 Å². The molecule has 0 radical (unpaired) electrons. The number of aromatic nitrogens is 2. The number of carbonyl (C=O) groups is 2. The maximum absolute atomic E-state index is 12.2. The molecule has 9 heteroatoms. The number of nitrogens with zero attached hydrogens (tertiary/aromatic N) is 2. The second kappa shape index (κ2) is 9.48. The molecule has 0 bridgehead atoms. The van der Waals surface area contributed by atoms with Gasteiger partial charge in [0.05, 0.1) is 10.6 Å². The van der Waals surface area contributed by atoms with Gasteiger partial charge in [0.1, 0.15) is 0 Å². The number of hydrogen-bond donors (Lipinski definition) is 2. The van der Waals surface area contributed by atoms with Gasteiger partial charge in [-0.2, -0.15) is 16.3 Å². The van der Waals surface area contributed by atoms with Crippen LogP contribution in [0, 0.1) is 0 Å². The van der Waals surface area contributed by atoms with Gasteiger partial charge in [-0.25, -0.2) is 0 Å². The Balaban J connectivity index is 1.53. The van der Waals surface area contributed by atoms with E-state index in [1.54, 1.807) is 29.5 Å². The number of anilines is 1. The predicted molar refractivity (Wildman–Crippen MR) is 109 cm³/mol. The summed E-state index contributed by atoms with van der Waals surface area (Å²) in [6, 6.07) is 6.70. The number of nitrogens with one attached hydrogen (secondary N) is 2. The van der Waals surface area contributed by atoms with Gasteiger partial charge in [0.15, 0.2) is 0 Å². The van der Waals surface area contributed by atoms with E-state index >= 15 is 0 Å². The fourth-order valence-electron chi connectivity index (χ4n) is 2.42. The molecule has 1 aromatic carbocycles. The van der Waals surface area contributed by atoms with Crippen LogP contribution in [0.1, 0.15) is 36.0 Å². The summed E-state index contributed by atoms with van der Waals surface area (Å²) in [6.07, 6.45) is 1.35. The summed E-state index contributed by atoms with van der Waals surface area (Å²) < 4.78 is 5.18. The van der Waals surface area contributed by atoms with Crippen LogP contribution in [0.4, 0.5) is 5.69 Å². The van der Waals surface area contributed by atoms with Crippen molar-refractivity contribution in [2.75, 3.05) is 11.9 Å². The number of aryl methyl sites for hydroxylation is 1. The molecule has 0 spiro atoms. The molecule has 0 fully saturated rings. The van der Waals surface area contributed by atoms with Crippen molar-refractivity contribution in [3.63, 3.8) is 0 Å². The smallest absolute Gasteiger partial charge is 0.252 e. The van der Waals surface area contributed by atoms with Gasteiger partial charge in [-0.15, -0.1) is 0 Å². The summed E-state index contributed by atoms with van der Waals surface area (Å²) in [4.78, 5) is 28.5. The molecule has 3 rings (SSSR count).